The Morgan fingerprint density at radius 1 is 1.00 bits per heavy atom. The van der Waals surface area contributed by atoms with Crippen LogP contribution in [0, 0.1) is 0 Å². The fourth-order valence-corrected chi connectivity index (χ4v) is 4.77. The lowest BCUT2D eigenvalue weighted by Gasteiger charge is -2.24. The zero-order valence-corrected chi connectivity index (χ0v) is 18.7. The third-order valence-electron chi connectivity index (χ3n) is 4.84. The Bertz CT molecular complexity index is 1250. The van der Waals surface area contributed by atoms with Crippen molar-refractivity contribution in [3.8, 4) is 11.5 Å². The summed E-state index contributed by atoms with van der Waals surface area (Å²) >= 11 is 5.87. The first-order valence-electron chi connectivity index (χ1n) is 9.85. The maximum absolute atomic E-state index is 13.4. The fraction of sp³-hybridized carbons (Fsp3) is 0.136. The van der Waals surface area contributed by atoms with Crippen LogP contribution in [-0.2, 0) is 21.4 Å². The van der Waals surface area contributed by atoms with Crippen molar-refractivity contribution in [2.24, 2.45) is 0 Å². The molecule has 0 saturated carbocycles. The monoisotopic (exact) mass is 486 g/mol. The molecule has 2 aromatic carbocycles. The Balaban J connectivity index is 1.57. The van der Waals surface area contributed by atoms with Gasteiger partial charge >= 0.3 is 6.03 Å². The molecular formula is C22H19ClN4O5S. The number of nitrogens with one attached hydrogen (secondary N) is 2. The van der Waals surface area contributed by atoms with E-state index in [9.17, 15) is 18.0 Å². The minimum Gasteiger partial charge on any atom is -0.457 e. The van der Waals surface area contributed by atoms with Gasteiger partial charge in [-0.05, 0) is 60.2 Å². The number of urea groups is 1. The smallest absolute Gasteiger partial charge is 0.322 e. The van der Waals surface area contributed by atoms with Crippen LogP contribution in [-0.4, -0.2) is 42.2 Å². The van der Waals surface area contributed by atoms with Gasteiger partial charge in [0.15, 0.2) is 0 Å². The molecule has 9 nitrogen and oxygen atoms in total. The van der Waals surface area contributed by atoms with E-state index in [1.54, 1.807) is 48.8 Å². The van der Waals surface area contributed by atoms with E-state index in [4.69, 9.17) is 16.3 Å². The van der Waals surface area contributed by atoms with Crippen LogP contribution in [0.2, 0.25) is 5.02 Å². The SMILES string of the molecule is O=C1NC(=O)[C@H](CN(Cc2cccnc2)S(=O)(=O)c2ccc(Oc3ccc(Cl)cc3)cc2)N1. The average Bonchev–Trinajstić information content (AvgIpc) is 3.12. The Hall–Kier alpha value is -3.47. The number of hydrogen-bond acceptors (Lipinski definition) is 6. The minimum absolute atomic E-state index is 0.0135. The molecule has 0 aliphatic carbocycles. The normalized spacial score (nSPS) is 15.9. The number of benzene rings is 2. The molecule has 1 saturated heterocycles. The molecule has 2 N–H and O–H groups in total. The number of rotatable bonds is 8. The lowest BCUT2D eigenvalue weighted by Crippen LogP contribution is -2.44. The van der Waals surface area contributed by atoms with Gasteiger partial charge in [0.05, 0.1) is 4.90 Å². The van der Waals surface area contributed by atoms with Crippen molar-refractivity contribution in [3.05, 3.63) is 83.6 Å². The van der Waals surface area contributed by atoms with E-state index < -0.39 is 28.0 Å². The van der Waals surface area contributed by atoms with Gasteiger partial charge < -0.3 is 10.1 Å². The molecule has 3 amide bonds. The average molecular weight is 487 g/mol. The number of pyridine rings is 1. The highest BCUT2D eigenvalue weighted by Crippen LogP contribution is 2.26. The van der Waals surface area contributed by atoms with Gasteiger partial charge in [0.25, 0.3) is 5.91 Å². The van der Waals surface area contributed by atoms with Crippen molar-refractivity contribution in [1.29, 1.82) is 0 Å². The Kier molecular flexibility index (Phi) is 6.59. The minimum atomic E-state index is -4.02. The quantitative estimate of drug-likeness (QED) is 0.473. The maximum atomic E-state index is 13.4. The van der Waals surface area contributed by atoms with Crippen molar-refractivity contribution in [2.75, 3.05) is 6.54 Å². The van der Waals surface area contributed by atoms with Crippen LogP contribution < -0.4 is 15.4 Å². The predicted molar refractivity (Wildman–Crippen MR) is 120 cm³/mol. The summed E-state index contributed by atoms with van der Waals surface area (Å²) in [5, 5.41) is 5.12. The zero-order valence-electron chi connectivity index (χ0n) is 17.1. The van der Waals surface area contributed by atoms with Crippen LogP contribution in [0.1, 0.15) is 5.56 Å². The van der Waals surface area contributed by atoms with Crippen molar-refractivity contribution in [2.45, 2.75) is 17.5 Å². The number of hydrogen-bond donors (Lipinski definition) is 2. The molecule has 4 rings (SSSR count). The van der Waals surface area contributed by atoms with E-state index in [2.05, 4.69) is 15.6 Å². The summed E-state index contributed by atoms with van der Waals surface area (Å²) in [6.07, 6.45) is 3.12. The van der Waals surface area contributed by atoms with Gasteiger partial charge in [-0.25, -0.2) is 13.2 Å². The summed E-state index contributed by atoms with van der Waals surface area (Å²) in [5.41, 5.74) is 0.633. The van der Waals surface area contributed by atoms with Gasteiger partial charge in [-0.3, -0.25) is 15.1 Å². The van der Waals surface area contributed by atoms with E-state index in [1.807, 2.05) is 0 Å². The topological polar surface area (TPSA) is 118 Å². The molecule has 1 aliphatic heterocycles. The highest BCUT2D eigenvalue weighted by Gasteiger charge is 2.35. The standard InChI is InChI=1S/C22H19ClN4O5S/c23-16-3-5-17(6-4-16)32-18-7-9-19(10-8-18)33(30,31)27(13-15-2-1-11-24-12-15)14-20-21(28)26-22(29)25-20/h1-12,20H,13-14H2,(H2,25,26,28,29)/t20-/m0/s1. The van der Waals surface area contributed by atoms with Gasteiger partial charge in [0.1, 0.15) is 17.5 Å². The summed E-state index contributed by atoms with van der Waals surface area (Å²) in [7, 11) is -4.02. The fourth-order valence-electron chi connectivity index (χ4n) is 3.20. The van der Waals surface area contributed by atoms with Crippen molar-refractivity contribution in [3.63, 3.8) is 0 Å². The summed E-state index contributed by atoms with van der Waals surface area (Å²) in [6, 6.07) is 14.4. The van der Waals surface area contributed by atoms with Crippen molar-refractivity contribution >= 4 is 33.6 Å². The van der Waals surface area contributed by atoms with Gasteiger partial charge in [0.2, 0.25) is 10.0 Å². The van der Waals surface area contributed by atoms with Crippen LogP contribution in [0.3, 0.4) is 0 Å². The number of halogens is 1. The van der Waals surface area contributed by atoms with Crippen LogP contribution in [0.4, 0.5) is 4.79 Å². The largest absolute Gasteiger partial charge is 0.457 e. The van der Waals surface area contributed by atoms with Gasteiger partial charge in [-0.15, -0.1) is 0 Å². The molecule has 1 aliphatic rings. The lowest BCUT2D eigenvalue weighted by molar-refractivity contribution is -0.120. The predicted octanol–water partition coefficient (Wildman–Crippen LogP) is 2.93. The summed E-state index contributed by atoms with van der Waals surface area (Å²) in [5.74, 6) is 0.409. The second kappa shape index (κ2) is 9.57. The second-order valence-electron chi connectivity index (χ2n) is 7.20. The number of imide groups is 1. The highest BCUT2D eigenvalue weighted by atomic mass is 35.5. The molecular weight excluding hydrogens is 468 g/mol. The third kappa shape index (κ3) is 5.48. The van der Waals surface area contributed by atoms with E-state index >= 15 is 0 Å². The molecule has 0 bridgehead atoms. The molecule has 1 atom stereocenters. The highest BCUT2D eigenvalue weighted by molar-refractivity contribution is 7.89. The molecule has 2 heterocycles. The molecule has 1 fully saturated rings. The van der Waals surface area contributed by atoms with Crippen LogP contribution in [0.25, 0.3) is 0 Å². The van der Waals surface area contributed by atoms with Crippen LogP contribution >= 0.6 is 11.6 Å². The second-order valence-corrected chi connectivity index (χ2v) is 9.58. The molecule has 0 radical (unpaired) electrons. The Morgan fingerprint density at radius 2 is 1.67 bits per heavy atom. The number of ether oxygens (including phenoxy) is 1. The lowest BCUT2D eigenvalue weighted by atomic mass is 10.2. The van der Waals surface area contributed by atoms with Gasteiger partial charge in [-0.2, -0.15) is 4.31 Å². The summed E-state index contributed by atoms with van der Waals surface area (Å²) < 4.78 is 33.7. The number of nitrogens with zero attached hydrogens (tertiary/aromatic N) is 2. The summed E-state index contributed by atoms with van der Waals surface area (Å²) in [6.45, 7) is -0.267. The molecule has 0 spiro atoms. The van der Waals surface area contributed by atoms with Crippen LogP contribution in [0.15, 0.2) is 78.0 Å². The number of amides is 3. The third-order valence-corrected chi connectivity index (χ3v) is 6.92. The molecule has 3 aromatic rings. The van der Waals surface area contributed by atoms with Crippen LogP contribution in [0.5, 0.6) is 11.5 Å². The van der Waals surface area contributed by atoms with Gasteiger partial charge in [-0.1, -0.05) is 17.7 Å². The van der Waals surface area contributed by atoms with E-state index in [1.165, 1.54) is 24.3 Å². The van der Waals surface area contributed by atoms with E-state index in [0.717, 1.165) is 4.31 Å². The summed E-state index contributed by atoms with van der Waals surface area (Å²) in [4.78, 5) is 27.5. The molecule has 1 aromatic heterocycles. The van der Waals surface area contributed by atoms with Crippen molar-refractivity contribution < 1.29 is 22.7 Å². The Labute approximate surface area is 195 Å². The number of carbonyl (C=O) groups excluding carboxylic acids is 2. The van der Waals surface area contributed by atoms with E-state index in [-0.39, 0.29) is 18.0 Å². The van der Waals surface area contributed by atoms with Crippen molar-refractivity contribution in [1.82, 2.24) is 19.9 Å². The first kappa shape index (κ1) is 22.7. The first-order chi connectivity index (χ1) is 15.8. The number of sulfonamides is 1. The molecule has 0 unspecified atom stereocenters. The maximum Gasteiger partial charge on any atom is 0.322 e. The number of aromatic nitrogens is 1. The zero-order chi connectivity index (χ0) is 23.4. The Morgan fingerprint density at radius 3 is 2.24 bits per heavy atom. The van der Waals surface area contributed by atoms with E-state index in [0.29, 0.717) is 22.1 Å². The van der Waals surface area contributed by atoms with Gasteiger partial charge in [0, 0.05) is 30.5 Å². The first-order valence-corrected chi connectivity index (χ1v) is 11.7. The molecule has 170 valence electrons. The number of carbonyl (C=O) groups is 2. The molecule has 11 heteroatoms. The molecule has 33 heavy (non-hydrogen) atoms.